The Kier molecular flexibility index (Phi) is 7.75. The number of carbonyl (C=O) groups excluding carboxylic acids is 1. The number of ether oxygens (including phenoxy) is 1. The molecule has 1 amide bonds. The third-order valence-electron chi connectivity index (χ3n) is 4.08. The molecule has 162 valence electrons. The highest BCUT2D eigenvalue weighted by molar-refractivity contribution is 7.08. The first kappa shape index (κ1) is 22.7. The van der Waals surface area contributed by atoms with Crippen LogP contribution in [-0.2, 0) is 22.4 Å². The van der Waals surface area contributed by atoms with Crippen LogP contribution in [-0.4, -0.2) is 44.3 Å². The van der Waals surface area contributed by atoms with E-state index in [-0.39, 0.29) is 23.9 Å². The molecule has 0 unspecified atom stereocenters. The smallest absolute Gasteiger partial charge is 0.413 e. The van der Waals surface area contributed by atoms with Crippen molar-refractivity contribution in [3.8, 4) is 5.75 Å². The van der Waals surface area contributed by atoms with Gasteiger partial charge in [-0.05, 0) is 31.1 Å². The molecule has 2 heterocycles. The number of hydrogen-bond donors (Lipinski definition) is 6. The number of nitrogens with two attached hydrogens (primary N) is 2. The Morgan fingerprint density at radius 3 is 2.60 bits per heavy atom. The number of carbonyl (C=O) groups is 3. The summed E-state index contributed by atoms with van der Waals surface area (Å²) in [5.41, 5.74) is 11.7. The number of hydrogen-bond acceptors (Lipinski definition) is 9. The quantitative estimate of drug-likeness (QED) is 0.303. The normalized spacial score (nSPS) is 11.6. The fraction of sp³-hybridized carbons (Fsp3) is 0.353. The number of aryl methyl sites for hydroxylation is 1. The lowest BCUT2D eigenvalue weighted by Gasteiger charge is -2.13. The molecule has 12 nitrogen and oxygen atoms in total. The van der Waals surface area contributed by atoms with Gasteiger partial charge >= 0.3 is 18.0 Å². The van der Waals surface area contributed by atoms with Crippen LogP contribution >= 0.6 is 11.3 Å². The molecule has 0 radical (unpaired) electrons. The van der Waals surface area contributed by atoms with E-state index < -0.39 is 36.1 Å². The number of carboxylic acids is 2. The van der Waals surface area contributed by atoms with Crippen molar-refractivity contribution in [1.29, 1.82) is 0 Å². The van der Waals surface area contributed by atoms with Crippen molar-refractivity contribution < 1.29 is 29.3 Å². The number of rotatable bonds is 10. The van der Waals surface area contributed by atoms with Crippen molar-refractivity contribution in [3.63, 3.8) is 0 Å². The number of amides is 1. The summed E-state index contributed by atoms with van der Waals surface area (Å²) in [7, 11) is 0. The van der Waals surface area contributed by atoms with E-state index in [1.165, 1.54) is 11.3 Å². The molecule has 8 N–H and O–H groups in total. The first-order valence-electron chi connectivity index (χ1n) is 8.79. The molecule has 0 saturated carbocycles. The van der Waals surface area contributed by atoms with Gasteiger partial charge < -0.3 is 31.7 Å². The van der Waals surface area contributed by atoms with Gasteiger partial charge in [0.05, 0.1) is 5.56 Å². The third-order valence-corrected chi connectivity index (χ3v) is 4.85. The van der Waals surface area contributed by atoms with Crippen LogP contribution in [0.3, 0.4) is 0 Å². The first-order valence-corrected chi connectivity index (χ1v) is 9.73. The summed E-state index contributed by atoms with van der Waals surface area (Å²) < 4.78 is 5.17. The fourth-order valence-electron chi connectivity index (χ4n) is 2.61. The number of H-pyrrole nitrogens is 1. The Morgan fingerprint density at radius 2 is 1.97 bits per heavy atom. The largest absolute Gasteiger partial charge is 0.481 e. The topological polar surface area (TPSA) is 211 Å². The minimum atomic E-state index is -1.39. The number of thiophene rings is 1. The highest BCUT2D eigenvalue weighted by atomic mass is 32.1. The highest BCUT2D eigenvalue weighted by Gasteiger charge is 2.22. The zero-order chi connectivity index (χ0) is 22.3. The van der Waals surface area contributed by atoms with Crippen molar-refractivity contribution >= 4 is 41.1 Å². The number of nitrogens with zero attached hydrogens (tertiary/aromatic N) is 1. The van der Waals surface area contributed by atoms with E-state index in [9.17, 15) is 19.2 Å². The molecule has 0 saturated heterocycles. The fourth-order valence-corrected chi connectivity index (χ4v) is 3.40. The van der Waals surface area contributed by atoms with Gasteiger partial charge in [0.2, 0.25) is 5.95 Å². The summed E-state index contributed by atoms with van der Waals surface area (Å²) in [6, 6.07) is -1.39. The number of aromatic amines is 1. The number of nitrogen functional groups attached to an aromatic ring is 2. The maximum Gasteiger partial charge on any atom is 0.413 e. The molecule has 2 aromatic rings. The molecule has 0 aliphatic rings. The lowest BCUT2D eigenvalue weighted by Crippen LogP contribution is -2.42. The van der Waals surface area contributed by atoms with Gasteiger partial charge in [-0.25, -0.2) is 9.59 Å². The summed E-state index contributed by atoms with van der Waals surface area (Å²) in [6.07, 6.45) is -0.409. The molecule has 30 heavy (non-hydrogen) atoms. The van der Waals surface area contributed by atoms with Crippen LogP contribution in [0.1, 0.15) is 30.4 Å². The molecular weight excluding hydrogens is 418 g/mol. The van der Waals surface area contributed by atoms with Crippen molar-refractivity contribution in [2.75, 3.05) is 11.5 Å². The van der Waals surface area contributed by atoms with Crippen LogP contribution in [0.15, 0.2) is 15.6 Å². The summed E-state index contributed by atoms with van der Waals surface area (Å²) >= 11 is 1.28. The Morgan fingerprint density at radius 1 is 1.23 bits per heavy atom. The lowest BCUT2D eigenvalue weighted by atomic mass is 10.1. The molecule has 0 bridgehead atoms. The Hall–Kier alpha value is -3.61. The second kappa shape index (κ2) is 10.2. The first-order chi connectivity index (χ1) is 14.2. The third kappa shape index (κ3) is 6.48. The molecule has 2 rings (SSSR count). The predicted octanol–water partition coefficient (Wildman–Crippen LogP) is 0.577. The zero-order valence-corrected chi connectivity index (χ0v) is 16.5. The monoisotopic (exact) mass is 439 g/mol. The standard InChI is InChI=1S/C17H21N5O7S/c18-13-9(14(25)22-16(19)21-13)3-1-2-8-6-30-7-11(8)29-17(28)20-10(15(26)27)4-5-12(23)24/h6-7,10H,1-5H2,(H,20,28)(H,23,24)(H,26,27)(H5,18,19,21,22,25)/t10-/m0/s1. The minimum Gasteiger partial charge on any atom is -0.481 e. The van der Waals surface area contributed by atoms with Crippen LogP contribution in [0.25, 0.3) is 0 Å². The molecule has 13 heteroatoms. The van der Waals surface area contributed by atoms with Crippen molar-refractivity contribution in [2.24, 2.45) is 0 Å². The molecule has 0 fully saturated rings. The number of nitrogens with one attached hydrogen (secondary N) is 2. The van der Waals surface area contributed by atoms with Crippen LogP contribution < -0.4 is 27.1 Å². The van der Waals surface area contributed by atoms with Crippen LogP contribution in [0.4, 0.5) is 16.6 Å². The molecule has 0 aliphatic carbocycles. The van der Waals surface area contributed by atoms with E-state index in [0.29, 0.717) is 30.4 Å². The van der Waals surface area contributed by atoms with Gasteiger partial charge in [-0.3, -0.25) is 14.6 Å². The van der Waals surface area contributed by atoms with Crippen LogP contribution in [0.5, 0.6) is 5.75 Å². The Balaban J connectivity index is 1.93. The van der Waals surface area contributed by atoms with Crippen LogP contribution in [0, 0.1) is 0 Å². The lowest BCUT2D eigenvalue weighted by molar-refractivity contribution is -0.140. The SMILES string of the molecule is Nc1nc(N)c(CCCc2cscc2OC(=O)N[C@@H](CCC(=O)O)C(=O)O)c(=O)[nH]1. The molecule has 2 aromatic heterocycles. The predicted molar refractivity (Wildman–Crippen MR) is 107 cm³/mol. The summed E-state index contributed by atoms with van der Waals surface area (Å²) in [4.78, 5) is 51.9. The van der Waals surface area contributed by atoms with Gasteiger partial charge in [0, 0.05) is 17.4 Å². The average molecular weight is 439 g/mol. The van der Waals surface area contributed by atoms with E-state index in [1.807, 2.05) is 0 Å². The van der Waals surface area contributed by atoms with E-state index >= 15 is 0 Å². The van der Waals surface area contributed by atoms with Gasteiger partial charge in [-0.15, -0.1) is 11.3 Å². The van der Waals surface area contributed by atoms with E-state index in [2.05, 4.69) is 15.3 Å². The van der Waals surface area contributed by atoms with E-state index in [4.69, 9.17) is 26.4 Å². The second-order valence-corrected chi connectivity index (χ2v) is 7.03. The second-order valence-electron chi connectivity index (χ2n) is 6.29. The number of carboxylic acid groups (broad SMARTS) is 2. The van der Waals surface area contributed by atoms with Crippen molar-refractivity contribution in [3.05, 3.63) is 32.2 Å². The molecule has 0 aromatic carbocycles. The number of anilines is 2. The molecule has 1 atom stereocenters. The van der Waals surface area contributed by atoms with Crippen molar-refractivity contribution in [1.82, 2.24) is 15.3 Å². The van der Waals surface area contributed by atoms with Crippen LogP contribution in [0.2, 0.25) is 0 Å². The van der Waals surface area contributed by atoms with Gasteiger partial charge in [0.1, 0.15) is 17.6 Å². The number of aliphatic carboxylic acids is 2. The van der Waals surface area contributed by atoms with E-state index in [0.717, 1.165) is 0 Å². The average Bonchev–Trinajstić information content (AvgIpc) is 3.07. The molecular formula is C17H21N5O7S. The van der Waals surface area contributed by atoms with Gasteiger partial charge in [-0.2, -0.15) is 4.98 Å². The number of aromatic nitrogens is 2. The maximum absolute atomic E-state index is 12.0. The van der Waals surface area contributed by atoms with Crippen molar-refractivity contribution in [2.45, 2.75) is 38.1 Å². The Bertz CT molecular complexity index is 987. The summed E-state index contributed by atoms with van der Waals surface area (Å²) in [5, 5.41) is 23.2. The van der Waals surface area contributed by atoms with E-state index in [1.54, 1.807) is 10.8 Å². The Labute approximate surface area is 173 Å². The zero-order valence-electron chi connectivity index (χ0n) is 15.7. The van der Waals surface area contributed by atoms with Gasteiger partial charge in [0.25, 0.3) is 5.56 Å². The molecule has 0 spiro atoms. The van der Waals surface area contributed by atoms with Gasteiger partial charge in [0.15, 0.2) is 0 Å². The minimum absolute atomic E-state index is 0.0542. The summed E-state index contributed by atoms with van der Waals surface area (Å²) in [6.45, 7) is 0. The maximum atomic E-state index is 12.0. The van der Waals surface area contributed by atoms with Gasteiger partial charge in [-0.1, -0.05) is 0 Å². The summed E-state index contributed by atoms with van der Waals surface area (Å²) in [5.74, 6) is -2.30. The molecule has 0 aliphatic heterocycles. The highest BCUT2D eigenvalue weighted by Crippen LogP contribution is 2.25.